The van der Waals surface area contributed by atoms with Crippen LogP contribution < -0.4 is 21.4 Å². The monoisotopic (exact) mass is 382 g/mol. The standard InChI is InChI=1S/C16H23N4O3PS/c1-3-18-24(22,19-4-2)12-9-8-11(23-12)13-15(25-16(17)20-13)14(21)10-6-5-7-10/h8-10H,3-7H2,1-2H3,(H2,17,20)(H2,18,19,22). The molecule has 1 aliphatic carbocycles. The maximum absolute atomic E-state index is 13.0. The van der Waals surface area contributed by atoms with Crippen LogP contribution in [0.4, 0.5) is 5.13 Å². The Labute approximate surface area is 150 Å². The van der Waals surface area contributed by atoms with Gasteiger partial charge in [-0.15, -0.1) is 0 Å². The van der Waals surface area contributed by atoms with Crippen LogP contribution >= 0.6 is 18.8 Å². The van der Waals surface area contributed by atoms with Crippen LogP contribution in [0.25, 0.3) is 11.5 Å². The topological polar surface area (TPSA) is 110 Å². The van der Waals surface area contributed by atoms with Crippen molar-refractivity contribution >= 4 is 35.2 Å². The number of hydrogen-bond acceptors (Lipinski definition) is 6. The van der Waals surface area contributed by atoms with Crippen LogP contribution in [0.2, 0.25) is 0 Å². The lowest BCUT2D eigenvalue weighted by Gasteiger charge is -2.23. The smallest absolute Gasteiger partial charge is 0.274 e. The van der Waals surface area contributed by atoms with E-state index in [-0.39, 0.29) is 11.7 Å². The molecule has 7 nitrogen and oxygen atoms in total. The molecule has 0 spiro atoms. The van der Waals surface area contributed by atoms with Crippen molar-refractivity contribution in [2.45, 2.75) is 33.1 Å². The number of furan rings is 1. The minimum absolute atomic E-state index is 0.0580. The second-order valence-electron chi connectivity index (χ2n) is 5.99. The predicted molar refractivity (Wildman–Crippen MR) is 100 cm³/mol. The normalized spacial score (nSPS) is 15.3. The summed E-state index contributed by atoms with van der Waals surface area (Å²) in [5.41, 5.74) is 6.60. The summed E-state index contributed by atoms with van der Waals surface area (Å²) in [7, 11) is -3.02. The molecule has 0 atom stereocenters. The zero-order valence-corrected chi connectivity index (χ0v) is 16.1. The van der Waals surface area contributed by atoms with E-state index in [0.29, 0.717) is 40.1 Å². The van der Waals surface area contributed by atoms with E-state index in [0.717, 1.165) is 19.3 Å². The molecule has 0 unspecified atom stereocenters. The second kappa shape index (κ2) is 7.41. The summed E-state index contributed by atoms with van der Waals surface area (Å²) in [4.78, 5) is 17.5. The number of nitrogens with two attached hydrogens (primary N) is 1. The number of thiazole rings is 1. The number of anilines is 1. The van der Waals surface area contributed by atoms with E-state index >= 15 is 0 Å². The summed E-state index contributed by atoms with van der Waals surface area (Å²) in [6.45, 7) is 4.83. The molecule has 2 heterocycles. The maximum Gasteiger partial charge on any atom is 0.274 e. The van der Waals surface area contributed by atoms with E-state index in [2.05, 4.69) is 15.2 Å². The first kappa shape index (κ1) is 18.3. The van der Waals surface area contributed by atoms with Crippen LogP contribution in [0, 0.1) is 5.92 Å². The first-order valence-electron chi connectivity index (χ1n) is 8.50. The molecule has 1 aliphatic rings. The molecule has 1 fully saturated rings. The van der Waals surface area contributed by atoms with Crippen molar-refractivity contribution in [3.8, 4) is 11.5 Å². The highest BCUT2D eigenvalue weighted by molar-refractivity contribution is 7.67. The van der Waals surface area contributed by atoms with Gasteiger partial charge in [-0.1, -0.05) is 31.6 Å². The Morgan fingerprint density at radius 2 is 2.04 bits per heavy atom. The summed E-state index contributed by atoms with van der Waals surface area (Å²) < 4.78 is 18.8. The molecule has 0 aliphatic heterocycles. The Morgan fingerprint density at radius 1 is 1.36 bits per heavy atom. The van der Waals surface area contributed by atoms with Gasteiger partial charge in [-0.25, -0.2) is 15.2 Å². The first-order chi connectivity index (χ1) is 12.0. The third kappa shape index (κ3) is 3.58. The van der Waals surface area contributed by atoms with Crippen LogP contribution in [-0.2, 0) is 4.57 Å². The summed E-state index contributed by atoms with van der Waals surface area (Å²) in [6, 6.07) is 3.36. The SMILES string of the molecule is CCNP(=O)(NCC)c1ccc(-c2nc(N)sc2C(=O)C2CCC2)o1. The van der Waals surface area contributed by atoms with Gasteiger partial charge < -0.3 is 10.2 Å². The number of carbonyl (C=O) groups excluding carboxylic acids is 1. The first-order valence-corrected chi connectivity index (χ1v) is 11.0. The van der Waals surface area contributed by atoms with E-state index < -0.39 is 7.44 Å². The van der Waals surface area contributed by atoms with Crippen molar-refractivity contribution in [3.63, 3.8) is 0 Å². The van der Waals surface area contributed by atoms with Crippen LogP contribution in [-0.4, -0.2) is 23.9 Å². The Hall–Kier alpha value is -1.47. The van der Waals surface area contributed by atoms with Crippen LogP contribution in [0.3, 0.4) is 0 Å². The Bertz CT molecular complexity index is 802. The van der Waals surface area contributed by atoms with Gasteiger partial charge in [0.15, 0.2) is 22.2 Å². The number of nitrogens with zero attached hydrogens (tertiary/aromatic N) is 1. The van der Waals surface area contributed by atoms with Crippen LogP contribution in [0.15, 0.2) is 16.5 Å². The molecule has 1 saturated carbocycles. The van der Waals surface area contributed by atoms with Crippen molar-refractivity contribution in [2.24, 2.45) is 5.92 Å². The molecule has 0 radical (unpaired) electrons. The van der Waals surface area contributed by atoms with Gasteiger partial charge in [0.05, 0.1) is 0 Å². The summed E-state index contributed by atoms with van der Waals surface area (Å²) >= 11 is 1.19. The number of nitrogen functional groups attached to an aromatic ring is 1. The van der Waals surface area contributed by atoms with Crippen LogP contribution in [0.1, 0.15) is 42.8 Å². The fraction of sp³-hybridized carbons (Fsp3) is 0.500. The fourth-order valence-electron chi connectivity index (χ4n) is 2.81. The molecule has 0 saturated heterocycles. The van der Waals surface area contributed by atoms with Crippen molar-refractivity contribution in [2.75, 3.05) is 18.8 Å². The van der Waals surface area contributed by atoms with E-state index in [1.807, 2.05) is 13.8 Å². The number of rotatable bonds is 8. The molecule has 2 aromatic heterocycles. The zero-order valence-electron chi connectivity index (χ0n) is 14.4. The zero-order chi connectivity index (χ0) is 18.0. The lowest BCUT2D eigenvalue weighted by molar-refractivity contribution is 0.0860. The molecular formula is C16H23N4O3PS. The third-order valence-corrected chi connectivity index (χ3v) is 7.52. The predicted octanol–water partition coefficient (Wildman–Crippen LogP) is 3.01. The molecular weight excluding hydrogens is 359 g/mol. The van der Waals surface area contributed by atoms with Crippen molar-refractivity contribution in [1.82, 2.24) is 15.2 Å². The maximum atomic E-state index is 13.0. The van der Waals surface area contributed by atoms with Gasteiger partial charge in [0.25, 0.3) is 7.44 Å². The van der Waals surface area contributed by atoms with Gasteiger partial charge >= 0.3 is 0 Å². The molecule has 2 aromatic rings. The average Bonchev–Trinajstić information content (AvgIpc) is 3.12. The van der Waals surface area contributed by atoms with E-state index in [4.69, 9.17) is 10.2 Å². The minimum atomic E-state index is -3.02. The largest absolute Gasteiger partial charge is 0.449 e. The van der Waals surface area contributed by atoms with Crippen molar-refractivity contribution in [3.05, 3.63) is 17.0 Å². The number of ketones is 1. The molecule has 25 heavy (non-hydrogen) atoms. The average molecular weight is 382 g/mol. The van der Waals surface area contributed by atoms with Crippen molar-refractivity contribution in [1.29, 1.82) is 0 Å². The molecule has 9 heteroatoms. The number of nitrogens with one attached hydrogen (secondary N) is 2. The van der Waals surface area contributed by atoms with Gasteiger partial charge in [-0.3, -0.25) is 9.36 Å². The van der Waals surface area contributed by atoms with E-state index in [9.17, 15) is 9.36 Å². The summed E-state index contributed by atoms with van der Waals surface area (Å²) in [6.07, 6.45) is 2.91. The lowest BCUT2D eigenvalue weighted by Crippen LogP contribution is -2.29. The summed E-state index contributed by atoms with van der Waals surface area (Å²) in [5, 5.41) is 6.25. The highest BCUT2D eigenvalue weighted by atomic mass is 32.1. The van der Waals surface area contributed by atoms with Gasteiger partial charge in [0.1, 0.15) is 10.6 Å². The van der Waals surface area contributed by atoms with Gasteiger partial charge in [0.2, 0.25) is 0 Å². The molecule has 136 valence electrons. The number of carbonyl (C=O) groups is 1. The second-order valence-corrected chi connectivity index (χ2v) is 9.31. The lowest BCUT2D eigenvalue weighted by atomic mass is 9.81. The Balaban J connectivity index is 1.95. The molecule has 0 bridgehead atoms. The molecule has 0 aromatic carbocycles. The third-order valence-electron chi connectivity index (χ3n) is 4.24. The van der Waals surface area contributed by atoms with Gasteiger partial charge in [-0.05, 0) is 25.0 Å². The fourth-order valence-corrected chi connectivity index (χ4v) is 5.49. The highest BCUT2D eigenvalue weighted by Crippen LogP contribution is 2.40. The quantitative estimate of drug-likeness (QED) is 0.475. The number of Topliss-reactive ketones (excluding diaryl/α,β-unsaturated/α-hetero) is 1. The van der Waals surface area contributed by atoms with E-state index in [1.165, 1.54) is 11.3 Å². The van der Waals surface area contributed by atoms with Crippen molar-refractivity contribution < 1.29 is 13.8 Å². The molecule has 3 rings (SSSR count). The van der Waals surface area contributed by atoms with E-state index in [1.54, 1.807) is 12.1 Å². The number of hydrogen-bond donors (Lipinski definition) is 3. The Morgan fingerprint density at radius 3 is 2.60 bits per heavy atom. The Kier molecular flexibility index (Phi) is 5.43. The van der Waals surface area contributed by atoms with Gasteiger partial charge in [-0.2, -0.15) is 0 Å². The van der Waals surface area contributed by atoms with Crippen LogP contribution in [0.5, 0.6) is 0 Å². The highest BCUT2D eigenvalue weighted by Gasteiger charge is 2.32. The minimum Gasteiger partial charge on any atom is -0.449 e. The summed E-state index contributed by atoms with van der Waals surface area (Å²) in [5.74, 6) is 0.555. The molecule has 4 N–H and O–H groups in total. The van der Waals surface area contributed by atoms with Gasteiger partial charge in [0, 0.05) is 19.0 Å². The number of aromatic nitrogens is 1. The molecule has 0 amide bonds.